The molecule has 0 atom stereocenters. The van der Waals surface area contributed by atoms with E-state index in [1.165, 1.54) is 16.2 Å². The van der Waals surface area contributed by atoms with Gasteiger partial charge in [-0.05, 0) is 38.7 Å². The van der Waals surface area contributed by atoms with E-state index in [0.29, 0.717) is 50.0 Å². The Labute approximate surface area is 168 Å². The summed E-state index contributed by atoms with van der Waals surface area (Å²) in [6.45, 7) is 6.73. The number of hydrogen-bond donors (Lipinski definition) is 1. The average Bonchev–Trinajstić information content (AvgIpc) is 3.23. The maximum atomic E-state index is 12.6. The normalized spacial score (nSPS) is 16.6. The number of esters is 1. The summed E-state index contributed by atoms with van der Waals surface area (Å²) in [7, 11) is 0. The van der Waals surface area contributed by atoms with Crippen molar-refractivity contribution in [2.45, 2.75) is 33.1 Å². The van der Waals surface area contributed by atoms with Crippen LogP contribution in [0.2, 0.25) is 0 Å². The van der Waals surface area contributed by atoms with Crippen LogP contribution in [-0.2, 0) is 27.1 Å². The fourth-order valence-electron chi connectivity index (χ4n) is 3.58. The summed E-state index contributed by atoms with van der Waals surface area (Å²) in [6.07, 6.45) is 2.52. The highest BCUT2D eigenvalue weighted by Gasteiger charge is 2.29. The highest BCUT2D eigenvalue weighted by Crippen LogP contribution is 2.39. The molecule has 0 aromatic carbocycles. The molecule has 1 fully saturated rings. The number of rotatable bonds is 6. The van der Waals surface area contributed by atoms with Crippen LogP contribution in [0.15, 0.2) is 0 Å². The molecule has 28 heavy (non-hydrogen) atoms. The van der Waals surface area contributed by atoms with Crippen molar-refractivity contribution in [2.75, 3.05) is 51.3 Å². The van der Waals surface area contributed by atoms with E-state index < -0.39 is 0 Å². The van der Waals surface area contributed by atoms with Crippen molar-refractivity contribution in [3.63, 3.8) is 0 Å². The summed E-state index contributed by atoms with van der Waals surface area (Å²) in [5.74, 6) is -0.518. The molecular weight excluding hydrogens is 382 g/mol. The molecule has 0 radical (unpaired) electrons. The molecule has 0 bridgehead atoms. The standard InChI is InChI=1S/C19H27N3O5S/c1-3-26-18(24)16-13-6-5-7-14(13)28-17(16)20-15(23)12-21-8-10-22(11-9-21)19(25)27-4-2/h3-12H2,1-2H3,(H,20,23). The monoisotopic (exact) mass is 409 g/mol. The van der Waals surface area contributed by atoms with E-state index in [0.717, 1.165) is 24.8 Å². The van der Waals surface area contributed by atoms with Gasteiger partial charge in [0.2, 0.25) is 5.91 Å². The first-order chi connectivity index (χ1) is 13.5. The molecule has 0 saturated carbocycles. The van der Waals surface area contributed by atoms with Gasteiger partial charge in [-0.15, -0.1) is 11.3 Å². The van der Waals surface area contributed by atoms with Crippen molar-refractivity contribution in [1.82, 2.24) is 9.80 Å². The minimum absolute atomic E-state index is 0.157. The molecule has 1 aromatic heterocycles. The summed E-state index contributed by atoms with van der Waals surface area (Å²) in [5, 5.41) is 3.51. The van der Waals surface area contributed by atoms with Gasteiger partial charge in [-0.3, -0.25) is 9.69 Å². The molecule has 3 rings (SSSR count). The van der Waals surface area contributed by atoms with Gasteiger partial charge >= 0.3 is 12.1 Å². The predicted octanol–water partition coefficient (Wildman–Crippen LogP) is 2.13. The van der Waals surface area contributed by atoms with Crippen LogP contribution >= 0.6 is 11.3 Å². The summed E-state index contributed by atoms with van der Waals surface area (Å²) < 4.78 is 10.2. The van der Waals surface area contributed by atoms with Gasteiger partial charge in [-0.25, -0.2) is 9.59 Å². The number of nitrogens with one attached hydrogen (secondary N) is 1. The van der Waals surface area contributed by atoms with Crippen LogP contribution < -0.4 is 5.32 Å². The molecule has 2 amide bonds. The van der Waals surface area contributed by atoms with E-state index in [9.17, 15) is 14.4 Å². The first-order valence-electron chi connectivity index (χ1n) is 9.79. The zero-order chi connectivity index (χ0) is 20.1. The Balaban J connectivity index is 1.57. The molecule has 1 saturated heterocycles. The van der Waals surface area contributed by atoms with E-state index in [-0.39, 0.29) is 24.5 Å². The number of hydrogen-bond acceptors (Lipinski definition) is 7. The van der Waals surface area contributed by atoms with Crippen LogP contribution in [0.25, 0.3) is 0 Å². The lowest BCUT2D eigenvalue weighted by Crippen LogP contribution is -2.50. The second kappa shape index (κ2) is 9.38. The van der Waals surface area contributed by atoms with Crippen LogP contribution in [0, 0.1) is 0 Å². The summed E-state index contributed by atoms with van der Waals surface area (Å²) in [6, 6.07) is 0. The largest absolute Gasteiger partial charge is 0.462 e. The van der Waals surface area contributed by atoms with Crippen molar-refractivity contribution in [1.29, 1.82) is 0 Å². The fourth-order valence-corrected chi connectivity index (χ4v) is 4.88. The van der Waals surface area contributed by atoms with Gasteiger partial charge in [0.25, 0.3) is 0 Å². The van der Waals surface area contributed by atoms with Crippen LogP contribution in [0.5, 0.6) is 0 Å². The number of amides is 2. The number of carbonyl (C=O) groups excluding carboxylic acids is 3. The number of thiophene rings is 1. The molecule has 154 valence electrons. The van der Waals surface area contributed by atoms with Gasteiger partial charge in [-0.2, -0.15) is 0 Å². The van der Waals surface area contributed by atoms with E-state index in [1.54, 1.807) is 18.7 Å². The third-order valence-electron chi connectivity index (χ3n) is 4.92. The quantitative estimate of drug-likeness (QED) is 0.724. The molecule has 9 heteroatoms. The average molecular weight is 410 g/mol. The Morgan fingerprint density at radius 1 is 1.04 bits per heavy atom. The molecule has 8 nitrogen and oxygen atoms in total. The van der Waals surface area contributed by atoms with Crippen LogP contribution in [0.4, 0.5) is 9.80 Å². The predicted molar refractivity (Wildman–Crippen MR) is 106 cm³/mol. The second-order valence-corrected chi connectivity index (χ2v) is 7.90. The van der Waals surface area contributed by atoms with Crippen molar-refractivity contribution >= 4 is 34.3 Å². The summed E-state index contributed by atoms with van der Waals surface area (Å²) >= 11 is 1.48. The minimum atomic E-state index is -0.361. The molecule has 0 unspecified atom stereocenters. The van der Waals surface area contributed by atoms with E-state index in [1.807, 2.05) is 4.90 Å². The molecule has 1 aromatic rings. The van der Waals surface area contributed by atoms with Crippen molar-refractivity contribution in [2.24, 2.45) is 0 Å². The van der Waals surface area contributed by atoms with Crippen LogP contribution in [0.3, 0.4) is 0 Å². The van der Waals surface area contributed by atoms with E-state index >= 15 is 0 Å². The Kier molecular flexibility index (Phi) is 6.90. The second-order valence-electron chi connectivity index (χ2n) is 6.79. The molecule has 1 aliphatic heterocycles. The van der Waals surface area contributed by atoms with E-state index in [4.69, 9.17) is 9.47 Å². The zero-order valence-corrected chi connectivity index (χ0v) is 17.2. The number of fused-ring (bicyclic) bond motifs is 1. The lowest BCUT2D eigenvalue weighted by Gasteiger charge is -2.33. The van der Waals surface area contributed by atoms with Gasteiger partial charge in [0.1, 0.15) is 5.00 Å². The highest BCUT2D eigenvalue weighted by molar-refractivity contribution is 7.17. The molecule has 2 aliphatic rings. The number of aryl methyl sites for hydroxylation is 1. The molecule has 0 spiro atoms. The number of nitrogens with zero attached hydrogens (tertiary/aromatic N) is 2. The van der Waals surface area contributed by atoms with Gasteiger partial charge < -0.3 is 19.7 Å². The van der Waals surface area contributed by atoms with Crippen LogP contribution in [0.1, 0.15) is 41.1 Å². The Bertz CT molecular complexity index is 740. The van der Waals surface area contributed by atoms with E-state index in [2.05, 4.69) is 5.32 Å². The van der Waals surface area contributed by atoms with Crippen molar-refractivity contribution < 1.29 is 23.9 Å². The fraction of sp³-hybridized carbons (Fsp3) is 0.632. The Hall–Kier alpha value is -2.13. The topological polar surface area (TPSA) is 88.2 Å². The molecule has 2 heterocycles. The SMILES string of the molecule is CCOC(=O)c1c(NC(=O)CN2CCN(C(=O)OCC)CC2)sc2c1CCC2. The van der Waals surface area contributed by atoms with Gasteiger partial charge in [0.15, 0.2) is 0 Å². The number of carbonyl (C=O) groups is 3. The number of piperazine rings is 1. The number of ether oxygens (including phenoxy) is 2. The number of anilines is 1. The highest BCUT2D eigenvalue weighted by atomic mass is 32.1. The summed E-state index contributed by atoms with van der Waals surface area (Å²) in [5.41, 5.74) is 1.56. The van der Waals surface area contributed by atoms with Crippen molar-refractivity contribution in [3.05, 3.63) is 16.0 Å². The Morgan fingerprint density at radius 2 is 1.75 bits per heavy atom. The third-order valence-corrected chi connectivity index (χ3v) is 6.13. The van der Waals surface area contributed by atoms with Crippen LogP contribution in [-0.4, -0.2) is 73.7 Å². The molecular formula is C19H27N3O5S. The minimum Gasteiger partial charge on any atom is -0.462 e. The molecule has 1 N–H and O–H groups in total. The van der Waals surface area contributed by atoms with Gasteiger partial charge in [0, 0.05) is 31.1 Å². The maximum absolute atomic E-state index is 12.6. The molecule has 1 aliphatic carbocycles. The first kappa shape index (κ1) is 20.6. The Morgan fingerprint density at radius 3 is 2.43 bits per heavy atom. The smallest absolute Gasteiger partial charge is 0.409 e. The maximum Gasteiger partial charge on any atom is 0.409 e. The van der Waals surface area contributed by atoms with Crippen molar-refractivity contribution in [3.8, 4) is 0 Å². The third kappa shape index (κ3) is 4.64. The lowest BCUT2D eigenvalue weighted by atomic mass is 10.1. The zero-order valence-electron chi connectivity index (χ0n) is 16.4. The van der Waals surface area contributed by atoms with Gasteiger partial charge in [0.05, 0.1) is 25.3 Å². The van der Waals surface area contributed by atoms with Gasteiger partial charge in [-0.1, -0.05) is 0 Å². The lowest BCUT2D eigenvalue weighted by molar-refractivity contribution is -0.117. The first-order valence-corrected chi connectivity index (χ1v) is 10.6. The summed E-state index contributed by atoms with van der Waals surface area (Å²) in [4.78, 5) is 41.5.